The molecule has 0 radical (unpaired) electrons. The molecule has 272 valence electrons. The van der Waals surface area contributed by atoms with Crippen LogP contribution in [-0.4, -0.2) is 8.80 Å². The zero-order valence-corrected chi connectivity index (χ0v) is 33.9. The molecule has 0 bridgehead atoms. The monoisotopic (exact) mass is 649 g/mol. The van der Waals surface area contributed by atoms with E-state index in [9.17, 15) is 0 Å². The van der Waals surface area contributed by atoms with Crippen LogP contribution in [0.3, 0.4) is 0 Å². The van der Waals surface area contributed by atoms with Gasteiger partial charge in [0, 0.05) is 8.80 Å². The van der Waals surface area contributed by atoms with Crippen molar-refractivity contribution in [2.45, 2.75) is 283 Å². The van der Waals surface area contributed by atoms with Gasteiger partial charge in [0.05, 0.1) is 0 Å². The van der Waals surface area contributed by atoms with E-state index in [0.29, 0.717) is 0 Å². The van der Waals surface area contributed by atoms with Crippen LogP contribution in [-0.2, 0) is 0 Å². The van der Waals surface area contributed by atoms with E-state index in [2.05, 4.69) is 27.7 Å². The predicted molar refractivity (Wildman–Crippen MR) is 214 cm³/mol. The number of hydrogen-bond acceptors (Lipinski definition) is 0. The Balaban J connectivity index is 4.56. The fourth-order valence-corrected chi connectivity index (χ4v) is 12.2. The lowest BCUT2D eigenvalue weighted by atomic mass is 10.0. The highest BCUT2D eigenvalue weighted by molar-refractivity contribution is 6.60. The van der Waals surface area contributed by atoms with Crippen LogP contribution in [0.5, 0.6) is 0 Å². The molecule has 2 unspecified atom stereocenters. The van der Waals surface area contributed by atoms with Gasteiger partial charge in [-0.3, -0.25) is 0 Å². The van der Waals surface area contributed by atoms with E-state index in [1.807, 2.05) is 0 Å². The lowest BCUT2D eigenvalue weighted by Crippen LogP contribution is -2.21. The highest BCUT2D eigenvalue weighted by Crippen LogP contribution is 2.33. The second kappa shape index (κ2) is 40.4. The van der Waals surface area contributed by atoms with E-state index < -0.39 is 8.80 Å². The van der Waals surface area contributed by atoms with Gasteiger partial charge in [-0.05, 0) is 5.54 Å². The molecule has 0 fully saturated rings. The van der Waals surface area contributed by atoms with Crippen LogP contribution >= 0.6 is 0 Å². The fourth-order valence-electron chi connectivity index (χ4n) is 7.92. The third-order valence-electron chi connectivity index (χ3n) is 11.1. The van der Waals surface area contributed by atoms with E-state index in [0.717, 1.165) is 5.54 Å². The summed E-state index contributed by atoms with van der Waals surface area (Å²) in [7, 11) is -0.639. The standard InChI is InChI=1S/C44H92Si/c1-5-9-13-17-20-23-25-27-29-32-35-39-43-45(42-38-34-31-22-19-15-11-7-3)44(40-36-16-12-8-4)41-37-33-30-28-26-24-21-18-14-10-6-2/h44-45H,5-43H2,1-4H3. The van der Waals surface area contributed by atoms with Crippen LogP contribution < -0.4 is 0 Å². The Hall–Kier alpha value is 0.217. The molecule has 0 spiro atoms. The largest absolute Gasteiger partial charge is 0.0654 e. The maximum Gasteiger partial charge on any atom is 0.0399 e. The molecule has 0 aliphatic rings. The van der Waals surface area contributed by atoms with E-state index in [1.54, 1.807) is 50.6 Å². The van der Waals surface area contributed by atoms with Gasteiger partial charge in [-0.2, -0.15) is 0 Å². The molecule has 0 aliphatic carbocycles. The summed E-state index contributed by atoms with van der Waals surface area (Å²) in [4.78, 5) is 0. The minimum Gasteiger partial charge on any atom is -0.0654 e. The third-order valence-corrected chi connectivity index (χ3v) is 15.4. The van der Waals surface area contributed by atoms with Crippen molar-refractivity contribution in [3.63, 3.8) is 0 Å². The van der Waals surface area contributed by atoms with E-state index in [4.69, 9.17) is 0 Å². The molecule has 2 atom stereocenters. The average Bonchev–Trinajstić information content (AvgIpc) is 3.05. The highest BCUT2D eigenvalue weighted by atomic mass is 28.3. The van der Waals surface area contributed by atoms with Crippen molar-refractivity contribution in [3.05, 3.63) is 0 Å². The number of unbranched alkanes of at least 4 members (excludes halogenated alkanes) is 31. The zero-order chi connectivity index (χ0) is 32.7. The van der Waals surface area contributed by atoms with Gasteiger partial charge in [-0.1, -0.05) is 277 Å². The van der Waals surface area contributed by atoms with Crippen LogP contribution in [0, 0.1) is 0 Å². The second-order valence-corrected chi connectivity index (χ2v) is 19.3. The molecule has 0 amide bonds. The summed E-state index contributed by atoms with van der Waals surface area (Å²) in [5.41, 5.74) is 1.16. The first-order valence-corrected chi connectivity index (χ1v) is 24.6. The molecule has 0 aromatic carbocycles. The molecule has 0 saturated heterocycles. The fraction of sp³-hybridized carbons (Fsp3) is 1.00. The van der Waals surface area contributed by atoms with Gasteiger partial charge in [-0.25, -0.2) is 0 Å². The van der Waals surface area contributed by atoms with Crippen molar-refractivity contribution in [3.8, 4) is 0 Å². The maximum atomic E-state index is 2.39. The van der Waals surface area contributed by atoms with Crippen molar-refractivity contribution in [2.75, 3.05) is 0 Å². The first-order chi connectivity index (χ1) is 22.3. The van der Waals surface area contributed by atoms with Crippen molar-refractivity contribution in [1.82, 2.24) is 0 Å². The van der Waals surface area contributed by atoms with Crippen molar-refractivity contribution in [2.24, 2.45) is 0 Å². The summed E-state index contributed by atoms with van der Waals surface area (Å²) in [6, 6.07) is 3.37. The first kappa shape index (κ1) is 45.2. The van der Waals surface area contributed by atoms with Gasteiger partial charge in [0.25, 0.3) is 0 Å². The first-order valence-electron chi connectivity index (χ1n) is 22.3. The average molecular weight is 649 g/mol. The zero-order valence-electron chi connectivity index (χ0n) is 32.7. The van der Waals surface area contributed by atoms with Gasteiger partial charge in [-0.15, -0.1) is 0 Å². The van der Waals surface area contributed by atoms with Crippen LogP contribution in [0.4, 0.5) is 0 Å². The molecule has 0 rings (SSSR count). The molecule has 45 heavy (non-hydrogen) atoms. The maximum absolute atomic E-state index is 2.39. The summed E-state index contributed by atoms with van der Waals surface area (Å²) in [6.45, 7) is 9.39. The molecule has 0 nitrogen and oxygen atoms in total. The Bertz CT molecular complexity index is 501. The van der Waals surface area contributed by atoms with Gasteiger partial charge in [0.15, 0.2) is 0 Å². The SMILES string of the molecule is CCCCCCCCCCCCCC[SiH](CCCCCCCCCC)C(CCCCCC)CCCCCCCCCCCCC. The summed E-state index contributed by atoms with van der Waals surface area (Å²) < 4.78 is 0. The summed E-state index contributed by atoms with van der Waals surface area (Å²) in [5.74, 6) is 0. The van der Waals surface area contributed by atoms with Crippen LogP contribution in [0.2, 0.25) is 17.6 Å². The summed E-state index contributed by atoms with van der Waals surface area (Å²) in [5, 5.41) is 0. The van der Waals surface area contributed by atoms with Crippen molar-refractivity contribution < 1.29 is 0 Å². The molecule has 1 heteroatoms. The van der Waals surface area contributed by atoms with E-state index in [-0.39, 0.29) is 0 Å². The Morgan fingerprint density at radius 1 is 0.244 bits per heavy atom. The molecule has 0 aromatic rings. The third kappa shape index (κ3) is 35.3. The Kier molecular flexibility index (Phi) is 40.6. The van der Waals surface area contributed by atoms with Gasteiger partial charge in [0.1, 0.15) is 0 Å². The Morgan fingerprint density at radius 3 is 0.711 bits per heavy atom. The topological polar surface area (TPSA) is 0 Å². The Morgan fingerprint density at radius 2 is 0.444 bits per heavy atom. The minimum absolute atomic E-state index is 0.639. The minimum atomic E-state index is -0.639. The number of rotatable bonds is 40. The smallest absolute Gasteiger partial charge is 0.0399 e. The molecule has 0 saturated carbocycles. The predicted octanol–water partition coefficient (Wildman–Crippen LogP) is 17.1. The van der Waals surface area contributed by atoms with Gasteiger partial charge >= 0.3 is 0 Å². The summed E-state index contributed by atoms with van der Waals surface area (Å²) >= 11 is 0. The highest BCUT2D eigenvalue weighted by Gasteiger charge is 2.22. The lowest BCUT2D eigenvalue weighted by Gasteiger charge is -2.27. The molecule has 0 N–H and O–H groups in total. The summed E-state index contributed by atoms with van der Waals surface area (Å²) in [6.07, 6.45) is 55.3. The van der Waals surface area contributed by atoms with Crippen LogP contribution in [0.25, 0.3) is 0 Å². The van der Waals surface area contributed by atoms with Crippen molar-refractivity contribution >= 4 is 8.80 Å². The van der Waals surface area contributed by atoms with Crippen molar-refractivity contribution in [1.29, 1.82) is 0 Å². The molecule has 0 heterocycles. The molecule has 0 aliphatic heterocycles. The molecular formula is C44H92Si. The second-order valence-electron chi connectivity index (χ2n) is 15.6. The van der Waals surface area contributed by atoms with Gasteiger partial charge in [0.2, 0.25) is 0 Å². The Labute approximate surface area is 290 Å². The normalized spacial score (nSPS) is 13.1. The van der Waals surface area contributed by atoms with Gasteiger partial charge < -0.3 is 0 Å². The lowest BCUT2D eigenvalue weighted by molar-refractivity contribution is 0.519. The van der Waals surface area contributed by atoms with E-state index in [1.165, 1.54) is 199 Å². The molecular weight excluding hydrogens is 557 g/mol. The quantitative estimate of drug-likeness (QED) is 0.0458. The number of hydrogen-bond donors (Lipinski definition) is 0. The molecule has 0 aromatic heterocycles. The van der Waals surface area contributed by atoms with Crippen LogP contribution in [0.1, 0.15) is 265 Å². The van der Waals surface area contributed by atoms with E-state index >= 15 is 0 Å². The van der Waals surface area contributed by atoms with Crippen LogP contribution in [0.15, 0.2) is 0 Å².